The first-order valence-electron chi connectivity index (χ1n) is 8.44. The summed E-state index contributed by atoms with van der Waals surface area (Å²) in [6, 6.07) is 13.6. The molecule has 28 heavy (non-hydrogen) atoms. The standard InChI is InChI=1S/C20H15F2N5O/c21-15-5-1-12(2-6-15)10-24-19(28)16-7-3-13(9-17(16)22)14-4-8-18-25-20(23)26-27(18)11-14/h1-9,11H,10H2,(H2,23,26)(H,24,28). The van der Waals surface area contributed by atoms with Gasteiger partial charge in [-0.15, -0.1) is 5.10 Å². The first-order valence-corrected chi connectivity index (χ1v) is 8.44. The van der Waals surface area contributed by atoms with Gasteiger partial charge in [0.25, 0.3) is 5.91 Å². The summed E-state index contributed by atoms with van der Waals surface area (Å²) in [5.41, 5.74) is 8.08. The Kier molecular flexibility index (Phi) is 4.44. The number of amides is 1. The molecule has 3 N–H and O–H groups in total. The Balaban J connectivity index is 1.52. The Morgan fingerprint density at radius 2 is 1.79 bits per heavy atom. The third kappa shape index (κ3) is 3.52. The lowest BCUT2D eigenvalue weighted by atomic mass is 10.0. The summed E-state index contributed by atoms with van der Waals surface area (Å²) in [6.07, 6.45) is 1.68. The van der Waals surface area contributed by atoms with Crippen LogP contribution in [0.5, 0.6) is 0 Å². The van der Waals surface area contributed by atoms with Crippen molar-refractivity contribution in [2.24, 2.45) is 0 Å². The van der Waals surface area contributed by atoms with E-state index in [9.17, 15) is 13.6 Å². The average Bonchev–Trinajstić information content (AvgIpc) is 3.06. The summed E-state index contributed by atoms with van der Waals surface area (Å²) < 4.78 is 28.9. The predicted molar refractivity (Wildman–Crippen MR) is 100 cm³/mol. The monoisotopic (exact) mass is 379 g/mol. The van der Waals surface area contributed by atoms with E-state index in [0.29, 0.717) is 22.3 Å². The molecule has 0 aliphatic carbocycles. The molecule has 0 saturated heterocycles. The highest BCUT2D eigenvalue weighted by Gasteiger charge is 2.13. The van der Waals surface area contributed by atoms with Crippen LogP contribution in [0, 0.1) is 11.6 Å². The molecule has 140 valence electrons. The van der Waals surface area contributed by atoms with Gasteiger partial charge in [0.2, 0.25) is 5.95 Å². The van der Waals surface area contributed by atoms with Crippen molar-refractivity contribution in [3.05, 3.63) is 83.6 Å². The molecule has 0 aliphatic heterocycles. The highest BCUT2D eigenvalue weighted by Crippen LogP contribution is 2.22. The molecule has 0 saturated carbocycles. The van der Waals surface area contributed by atoms with Crippen molar-refractivity contribution in [3.63, 3.8) is 0 Å². The number of carbonyl (C=O) groups is 1. The van der Waals surface area contributed by atoms with Crippen LogP contribution in [0.25, 0.3) is 16.8 Å². The summed E-state index contributed by atoms with van der Waals surface area (Å²) in [4.78, 5) is 16.3. The number of pyridine rings is 1. The number of aromatic nitrogens is 3. The SMILES string of the molecule is Nc1nc2ccc(-c3ccc(C(=O)NCc4ccc(F)cc4)c(F)c3)cn2n1. The molecule has 8 heteroatoms. The number of fused-ring (bicyclic) bond motifs is 1. The van der Waals surface area contributed by atoms with Gasteiger partial charge in [-0.3, -0.25) is 4.79 Å². The molecule has 2 heterocycles. The number of hydrogen-bond donors (Lipinski definition) is 2. The summed E-state index contributed by atoms with van der Waals surface area (Å²) >= 11 is 0. The lowest BCUT2D eigenvalue weighted by molar-refractivity contribution is 0.0947. The second kappa shape index (κ2) is 7.07. The van der Waals surface area contributed by atoms with Crippen molar-refractivity contribution in [1.82, 2.24) is 19.9 Å². The maximum Gasteiger partial charge on any atom is 0.254 e. The second-order valence-corrected chi connectivity index (χ2v) is 6.19. The van der Waals surface area contributed by atoms with Gasteiger partial charge in [0, 0.05) is 18.3 Å². The number of nitrogens with one attached hydrogen (secondary N) is 1. The molecule has 0 aliphatic rings. The first kappa shape index (κ1) is 17.6. The van der Waals surface area contributed by atoms with E-state index in [1.54, 1.807) is 36.5 Å². The molecular weight excluding hydrogens is 364 g/mol. The number of halogens is 2. The van der Waals surface area contributed by atoms with Gasteiger partial charge in [-0.05, 0) is 47.5 Å². The third-order valence-corrected chi connectivity index (χ3v) is 4.26. The molecule has 2 aromatic heterocycles. The summed E-state index contributed by atoms with van der Waals surface area (Å²) in [5.74, 6) is -1.40. The molecule has 0 spiro atoms. The molecule has 4 rings (SSSR count). The zero-order valence-electron chi connectivity index (χ0n) is 14.6. The van der Waals surface area contributed by atoms with Gasteiger partial charge in [0.05, 0.1) is 5.56 Å². The van der Waals surface area contributed by atoms with E-state index in [1.807, 2.05) is 0 Å². The number of rotatable bonds is 4. The van der Waals surface area contributed by atoms with Crippen LogP contribution in [0.2, 0.25) is 0 Å². The minimum atomic E-state index is -0.646. The van der Waals surface area contributed by atoms with Crippen molar-refractivity contribution >= 4 is 17.5 Å². The second-order valence-electron chi connectivity index (χ2n) is 6.19. The fourth-order valence-electron chi connectivity index (χ4n) is 2.83. The number of nitrogens with zero attached hydrogens (tertiary/aromatic N) is 3. The molecular formula is C20H15F2N5O. The van der Waals surface area contributed by atoms with Crippen LogP contribution < -0.4 is 11.1 Å². The Morgan fingerprint density at radius 3 is 2.54 bits per heavy atom. The topological polar surface area (TPSA) is 85.3 Å². The van der Waals surface area contributed by atoms with Crippen molar-refractivity contribution in [3.8, 4) is 11.1 Å². The quantitative estimate of drug-likeness (QED) is 0.570. The van der Waals surface area contributed by atoms with Crippen molar-refractivity contribution < 1.29 is 13.6 Å². The Bertz CT molecular complexity index is 1170. The Morgan fingerprint density at radius 1 is 1.04 bits per heavy atom. The average molecular weight is 379 g/mol. The number of nitrogens with two attached hydrogens (primary N) is 1. The summed E-state index contributed by atoms with van der Waals surface area (Å²) in [5, 5.41) is 6.65. The van der Waals surface area contributed by atoms with Gasteiger partial charge in [-0.1, -0.05) is 18.2 Å². The minimum absolute atomic E-state index is 0.0723. The smallest absolute Gasteiger partial charge is 0.254 e. The predicted octanol–water partition coefficient (Wildman–Crippen LogP) is 3.19. The zero-order chi connectivity index (χ0) is 19.7. The van der Waals surface area contributed by atoms with Crippen LogP contribution in [0.1, 0.15) is 15.9 Å². The normalized spacial score (nSPS) is 10.9. The van der Waals surface area contributed by atoms with Crippen molar-refractivity contribution in [2.75, 3.05) is 5.73 Å². The van der Waals surface area contributed by atoms with E-state index in [1.165, 1.54) is 28.8 Å². The van der Waals surface area contributed by atoms with Crippen molar-refractivity contribution in [2.45, 2.75) is 6.54 Å². The van der Waals surface area contributed by atoms with Crippen LogP contribution in [0.15, 0.2) is 60.8 Å². The van der Waals surface area contributed by atoms with E-state index in [2.05, 4.69) is 15.4 Å². The molecule has 0 bridgehead atoms. The molecule has 1 amide bonds. The minimum Gasteiger partial charge on any atom is -0.366 e. The van der Waals surface area contributed by atoms with Gasteiger partial charge in [-0.2, -0.15) is 4.98 Å². The number of carbonyl (C=O) groups excluding carboxylic acids is 1. The van der Waals surface area contributed by atoms with E-state index in [4.69, 9.17) is 5.73 Å². The van der Waals surface area contributed by atoms with Crippen LogP contribution in [-0.4, -0.2) is 20.5 Å². The fraction of sp³-hybridized carbons (Fsp3) is 0.0500. The molecule has 0 radical (unpaired) electrons. The van der Waals surface area contributed by atoms with Gasteiger partial charge < -0.3 is 11.1 Å². The number of nitrogen functional groups attached to an aromatic ring is 1. The van der Waals surface area contributed by atoms with Gasteiger partial charge in [-0.25, -0.2) is 13.3 Å². The van der Waals surface area contributed by atoms with Crippen LogP contribution in [0.4, 0.5) is 14.7 Å². The zero-order valence-corrected chi connectivity index (χ0v) is 14.6. The van der Waals surface area contributed by atoms with Crippen LogP contribution >= 0.6 is 0 Å². The molecule has 4 aromatic rings. The van der Waals surface area contributed by atoms with Gasteiger partial charge in [0.1, 0.15) is 11.6 Å². The summed E-state index contributed by atoms with van der Waals surface area (Å²) in [6.45, 7) is 0.171. The molecule has 2 aromatic carbocycles. The highest BCUT2D eigenvalue weighted by molar-refractivity contribution is 5.95. The first-order chi connectivity index (χ1) is 13.5. The largest absolute Gasteiger partial charge is 0.366 e. The Hall–Kier alpha value is -3.81. The van der Waals surface area contributed by atoms with E-state index in [0.717, 1.165) is 0 Å². The number of anilines is 1. The molecule has 0 fully saturated rings. The van der Waals surface area contributed by atoms with Gasteiger partial charge in [0.15, 0.2) is 5.65 Å². The third-order valence-electron chi connectivity index (χ3n) is 4.26. The van der Waals surface area contributed by atoms with Crippen LogP contribution in [0.3, 0.4) is 0 Å². The lowest BCUT2D eigenvalue weighted by Crippen LogP contribution is -2.23. The van der Waals surface area contributed by atoms with E-state index in [-0.39, 0.29) is 23.9 Å². The Labute approximate surface area is 158 Å². The van der Waals surface area contributed by atoms with Gasteiger partial charge >= 0.3 is 0 Å². The maximum atomic E-state index is 14.5. The maximum absolute atomic E-state index is 14.5. The number of hydrogen-bond acceptors (Lipinski definition) is 4. The van der Waals surface area contributed by atoms with Crippen LogP contribution in [-0.2, 0) is 6.54 Å². The molecule has 0 atom stereocenters. The molecule has 0 unspecified atom stereocenters. The van der Waals surface area contributed by atoms with E-state index >= 15 is 0 Å². The lowest BCUT2D eigenvalue weighted by Gasteiger charge is -2.08. The highest BCUT2D eigenvalue weighted by atomic mass is 19.1. The molecule has 6 nitrogen and oxygen atoms in total. The van der Waals surface area contributed by atoms with Crippen molar-refractivity contribution in [1.29, 1.82) is 0 Å². The fourth-order valence-corrected chi connectivity index (χ4v) is 2.83. The summed E-state index contributed by atoms with van der Waals surface area (Å²) in [7, 11) is 0. The van der Waals surface area contributed by atoms with E-state index < -0.39 is 11.7 Å². The number of benzene rings is 2.